The first-order valence-electron chi connectivity index (χ1n) is 4.72. The maximum Gasteiger partial charge on any atom is 0.134 e. The van der Waals surface area contributed by atoms with Gasteiger partial charge in [-0.3, -0.25) is 0 Å². The van der Waals surface area contributed by atoms with Gasteiger partial charge in [-0.1, -0.05) is 6.92 Å². The van der Waals surface area contributed by atoms with Crippen LogP contribution in [0.1, 0.15) is 31.3 Å². The Morgan fingerprint density at radius 3 is 2.92 bits per heavy atom. The molecule has 13 heavy (non-hydrogen) atoms. The van der Waals surface area contributed by atoms with Crippen molar-refractivity contribution < 1.29 is 0 Å². The molecule has 1 heterocycles. The highest BCUT2D eigenvalue weighted by molar-refractivity contribution is 5.17. The van der Waals surface area contributed by atoms with Crippen molar-refractivity contribution >= 4 is 0 Å². The molecule has 1 saturated carbocycles. The molecule has 1 aliphatic carbocycles. The van der Waals surface area contributed by atoms with Gasteiger partial charge in [0.1, 0.15) is 5.82 Å². The molecule has 1 aromatic heterocycles. The van der Waals surface area contributed by atoms with Crippen LogP contribution in [0.4, 0.5) is 0 Å². The molecule has 2 rings (SSSR count). The van der Waals surface area contributed by atoms with Crippen LogP contribution in [0.5, 0.6) is 0 Å². The van der Waals surface area contributed by atoms with Crippen LogP contribution in [0, 0.1) is 0 Å². The van der Waals surface area contributed by atoms with Gasteiger partial charge in [0, 0.05) is 18.2 Å². The molecule has 1 fully saturated rings. The topological polar surface area (TPSA) is 37.8 Å². The van der Waals surface area contributed by atoms with Crippen LogP contribution in [0.25, 0.3) is 0 Å². The maximum atomic E-state index is 4.52. The highest BCUT2D eigenvalue weighted by Crippen LogP contribution is 2.45. The molecule has 0 aromatic carbocycles. The molecule has 1 aromatic rings. The molecule has 1 N–H and O–H groups in total. The average Bonchev–Trinajstić information content (AvgIpc) is 2.86. The molecular weight excluding hydrogens is 162 g/mol. The molecule has 0 bridgehead atoms. The SMILES string of the molecule is CNCc1ccnc(C2(C)CC2)n1. The fourth-order valence-corrected chi connectivity index (χ4v) is 1.38. The van der Waals surface area contributed by atoms with Crippen molar-refractivity contribution in [1.82, 2.24) is 15.3 Å². The van der Waals surface area contributed by atoms with E-state index >= 15 is 0 Å². The minimum Gasteiger partial charge on any atom is -0.314 e. The fraction of sp³-hybridized carbons (Fsp3) is 0.600. The summed E-state index contributed by atoms with van der Waals surface area (Å²) >= 11 is 0. The number of nitrogens with one attached hydrogen (secondary N) is 1. The summed E-state index contributed by atoms with van der Waals surface area (Å²) in [6, 6.07) is 1.96. The Morgan fingerprint density at radius 2 is 2.31 bits per heavy atom. The van der Waals surface area contributed by atoms with Crippen molar-refractivity contribution in [3.05, 3.63) is 23.8 Å². The lowest BCUT2D eigenvalue weighted by Crippen LogP contribution is -2.12. The summed E-state index contributed by atoms with van der Waals surface area (Å²) in [5.74, 6) is 1.01. The zero-order valence-corrected chi connectivity index (χ0v) is 8.17. The third-order valence-corrected chi connectivity index (χ3v) is 2.61. The molecule has 0 unspecified atom stereocenters. The minimum atomic E-state index is 0.281. The average molecular weight is 177 g/mol. The molecule has 3 nitrogen and oxygen atoms in total. The van der Waals surface area contributed by atoms with E-state index in [0.717, 1.165) is 18.1 Å². The van der Waals surface area contributed by atoms with E-state index < -0.39 is 0 Å². The van der Waals surface area contributed by atoms with Gasteiger partial charge in [-0.05, 0) is 26.0 Å². The molecule has 0 spiro atoms. The fourth-order valence-electron chi connectivity index (χ4n) is 1.38. The number of rotatable bonds is 3. The van der Waals surface area contributed by atoms with Gasteiger partial charge in [0.2, 0.25) is 0 Å². The zero-order chi connectivity index (χ0) is 9.31. The lowest BCUT2D eigenvalue weighted by molar-refractivity contribution is 0.683. The van der Waals surface area contributed by atoms with E-state index in [1.807, 2.05) is 19.3 Å². The Balaban J connectivity index is 2.22. The van der Waals surface area contributed by atoms with Crippen LogP contribution in [0.2, 0.25) is 0 Å². The zero-order valence-electron chi connectivity index (χ0n) is 8.17. The summed E-state index contributed by atoms with van der Waals surface area (Å²) < 4.78 is 0. The number of nitrogens with zero attached hydrogens (tertiary/aromatic N) is 2. The van der Waals surface area contributed by atoms with Gasteiger partial charge in [-0.15, -0.1) is 0 Å². The number of hydrogen-bond donors (Lipinski definition) is 1. The van der Waals surface area contributed by atoms with E-state index in [1.165, 1.54) is 12.8 Å². The quantitative estimate of drug-likeness (QED) is 0.755. The van der Waals surface area contributed by atoms with E-state index in [9.17, 15) is 0 Å². The standard InChI is InChI=1S/C10H15N3/c1-10(4-5-10)9-12-6-3-8(13-9)7-11-2/h3,6,11H,4-5,7H2,1-2H3. The summed E-state index contributed by atoms with van der Waals surface area (Å²) in [5.41, 5.74) is 1.37. The lowest BCUT2D eigenvalue weighted by Gasteiger charge is -2.07. The van der Waals surface area contributed by atoms with Crippen molar-refractivity contribution in [2.75, 3.05) is 7.05 Å². The Bertz CT molecular complexity index is 305. The molecule has 0 aliphatic heterocycles. The largest absolute Gasteiger partial charge is 0.314 e. The maximum absolute atomic E-state index is 4.52. The van der Waals surface area contributed by atoms with Crippen molar-refractivity contribution in [3.63, 3.8) is 0 Å². The summed E-state index contributed by atoms with van der Waals surface area (Å²) in [4.78, 5) is 8.84. The second-order valence-corrected chi connectivity index (χ2v) is 3.96. The first-order chi connectivity index (χ1) is 6.24. The first-order valence-corrected chi connectivity index (χ1v) is 4.72. The monoisotopic (exact) mass is 177 g/mol. The summed E-state index contributed by atoms with van der Waals surface area (Å²) in [5, 5.41) is 3.09. The third-order valence-electron chi connectivity index (χ3n) is 2.61. The van der Waals surface area contributed by atoms with Gasteiger partial charge in [0.05, 0.1) is 5.69 Å². The van der Waals surface area contributed by atoms with Crippen molar-refractivity contribution in [1.29, 1.82) is 0 Å². The van der Waals surface area contributed by atoms with Crippen LogP contribution in [-0.2, 0) is 12.0 Å². The summed E-state index contributed by atoms with van der Waals surface area (Å²) in [6.45, 7) is 3.05. The van der Waals surface area contributed by atoms with Crippen LogP contribution in [0.3, 0.4) is 0 Å². The highest BCUT2D eigenvalue weighted by atomic mass is 14.9. The van der Waals surface area contributed by atoms with Gasteiger partial charge in [0.15, 0.2) is 0 Å². The van der Waals surface area contributed by atoms with Crippen molar-refractivity contribution in [2.45, 2.75) is 31.7 Å². The Hall–Kier alpha value is -0.960. The molecule has 3 heteroatoms. The van der Waals surface area contributed by atoms with E-state index in [0.29, 0.717) is 0 Å². The van der Waals surface area contributed by atoms with Crippen LogP contribution in [-0.4, -0.2) is 17.0 Å². The molecular formula is C10H15N3. The molecule has 70 valence electrons. The third kappa shape index (κ3) is 1.70. The van der Waals surface area contributed by atoms with Gasteiger partial charge in [-0.25, -0.2) is 9.97 Å². The van der Waals surface area contributed by atoms with Crippen molar-refractivity contribution in [2.24, 2.45) is 0 Å². The Labute approximate surface area is 78.6 Å². The van der Waals surface area contributed by atoms with Gasteiger partial charge in [-0.2, -0.15) is 0 Å². The molecule has 0 amide bonds. The van der Waals surface area contributed by atoms with Gasteiger partial charge < -0.3 is 5.32 Å². The van der Waals surface area contributed by atoms with Crippen LogP contribution < -0.4 is 5.32 Å². The highest BCUT2D eigenvalue weighted by Gasteiger charge is 2.41. The first kappa shape index (κ1) is 8.63. The lowest BCUT2D eigenvalue weighted by atomic mass is 10.1. The number of aromatic nitrogens is 2. The normalized spacial score (nSPS) is 18.6. The van der Waals surface area contributed by atoms with Gasteiger partial charge >= 0.3 is 0 Å². The van der Waals surface area contributed by atoms with E-state index in [4.69, 9.17) is 0 Å². The molecule has 0 saturated heterocycles. The minimum absolute atomic E-state index is 0.281. The van der Waals surface area contributed by atoms with E-state index in [2.05, 4.69) is 22.2 Å². The van der Waals surface area contributed by atoms with Crippen LogP contribution in [0.15, 0.2) is 12.3 Å². The molecule has 0 atom stereocenters. The smallest absolute Gasteiger partial charge is 0.134 e. The Morgan fingerprint density at radius 1 is 1.54 bits per heavy atom. The predicted octanol–water partition coefficient (Wildman–Crippen LogP) is 1.25. The van der Waals surface area contributed by atoms with Crippen LogP contribution >= 0.6 is 0 Å². The predicted molar refractivity (Wildman–Crippen MR) is 51.4 cm³/mol. The second-order valence-electron chi connectivity index (χ2n) is 3.96. The molecule has 1 aliphatic rings. The van der Waals surface area contributed by atoms with Crippen molar-refractivity contribution in [3.8, 4) is 0 Å². The summed E-state index contributed by atoms with van der Waals surface area (Å²) in [7, 11) is 1.93. The summed E-state index contributed by atoms with van der Waals surface area (Å²) in [6.07, 6.45) is 4.32. The van der Waals surface area contributed by atoms with E-state index in [1.54, 1.807) is 0 Å². The van der Waals surface area contributed by atoms with Gasteiger partial charge in [0.25, 0.3) is 0 Å². The Kier molecular flexibility index (Phi) is 2.04. The molecule has 0 radical (unpaired) electrons. The second kappa shape index (κ2) is 3.07. The number of hydrogen-bond acceptors (Lipinski definition) is 3. The van der Waals surface area contributed by atoms with E-state index in [-0.39, 0.29) is 5.41 Å².